The Hall–Kier alpha value is -2.65. The first kappa shape index (κ1) is 15.3. The summed E-state index contributed by atoms with van der Waals surface area (Å²) in [7, 11) is 0. The Kier molecular flexibility index (Phi) is 4.40. The number of nitrogens with zero attached hydrogens (tertiary/aromatic N) is 1. The van der Waals surface area contributed by atoms with Crippen molar-refractivity contribution in [2.45, 2.75) is 6.92 Å². The van der Waals surface area contributed by atoms with Crippen molar-refractivity contribution < 1.29 is 4.79 Å². The largest absolute Gasteiger partial charge is 0.322 e. The normalized spacial score (nSPS) is 10.3. The van der Waals surface area contributed by atoms with Crippen molar-refractivity contribution in [1.82, 2.24) is 4.98 Å². The third-order valence-electron chi connectivity index (χ3n) is 3.50. The lowest BCUT2D eigenvalue weighted by atomic mass is 10.1. The molecule has 3 rings (SSSR count). The number of aromatic nitrogens is 1. The van der Waals surface area contributed by atoms with Crippen LogP contribution >= 0.6 is 11.6 Å². The van der Waals surface area contributed by atoms with Crippen molar-refractivity contribution in [2.24, 2.45) is 0 Å². The molecule has 0 aliphatic heterocycles. The summed E-state index contributed by atoms with van der Waals surface area (Å²) < 4.78 is 0. The molecule has 0 fully saturated rings. The van der Waals surface area contributed by atoms with Crippen LogP contribution in [0.3, 0.4) is 0 Å². The number of carbonyl (C=O) groups excluding carboxylic acids is 1. The number of halogens is 1. The van der Waals surface area contributed by atoms with Crippen LogP contribution in [0.15, 0.2) is 66.7 Å². The standard InChI is InChI=1S/C19H15ClN2O/c1-13-17(19(23)22-16-9-7-15(20)8-10-16)11-12-18(21-13)14-5-3-2-4-6-14/h2-12H,1H3,(H,22,23). The van der Waals surface area contributed by atoms with Gasteiger partial charge in [-0.1, -0.05) is 41.9 Å². The van der Waals surface area contributed by atoms with Gasteiger partial charge in [0.1, 0.15) is 0 Å². The van der Waals surface area contributed by atoms with E-state index in [9.17, 15) is 4.79 Å². The number of nitrogens with one attached hydrogen (secondary N) is 1. The van der Waals surface area contributed by atoms with E-state index in [1.165, 1.54) is 0 Å². The van der Waals surface area contributed by atoms with E-state index in [-0.39, 0.29) is 5.91 Å². The molecule has 0 spiro atoms. The molecular formula is C19H15ClN2O. The number of hydrogen-bond donors (Lipinski definition) is 1. The average molecular weight is 323 g/mol. The fourth-order valence-corrected chi connectivity index (χ4v) is 2.43. The second kappa shape index (κ2) is 6.63. The van der Waals surface area contributed by atoms with Crippen LogP contribution in [0, 0.1) is 6.92 Å². The van der Waals surface area contributed by atoms with Crippen molar-refractivity contribution in [3.63, 3.8) is 0 Å². The first-order chi connectivity index (χ1) is 11.1. The zero-order chi connectivity index (χ0) is 16.2. The number of benzene rings is 2. The summed E-state index contributed by atoms with van der Waals surface area (Å²) in [4.78, 5) is 16.9. The van der Waals surface area contributed by atoms with Gasteiger partial charge >= 0.3 is 0 Å². The molecule has 1 amide bonds. The van der Waals surface area contributed by atoms with E-state index in [2.05, 4.69) is 10.3 Å². The first-order valence-electron chi connectivity index (χ1n) is 7.23. The molecule has 0 aliphatic rings. The van der Waals surface area contributed by atoms with Gasteiger partial charge in [0.25, 0.3) is 5.91 Å². The highest BCUT2D eigenvalue weighted by Crippen LogP contribution is 2.20. The number of hydrogen-bond acceptors (Lipinski definition) is 2. The molecule has 0 radical (unpaired) electrons. The summed E-state index contributed by atoms with van der Waals surface area (Å²) in [6.07, 6.45) is 0. The van der Waals surface area contributed by atoms with Crippen LogP contribution in [-0.4, -0.2) is 10.9 Å². The van der Waals surface area contributed by atoms with Crippen molar-refractivity contribution in [3.05, 3.63) is 83.0 Å². The lowest BCUT2D eigenvalue weighted by Gasteiger charge is -2.09. The number of anilines is 1. The molecule has 23 heavy (non-hydrogen) atoms. The molecule has 114 valence electrons. The molecule has 2 aromatic carbocycles. The van der Waals surface area contributed by atoms with Crippen molar-refractivity contribution in [3.8, 4) is 11.3 Å². The topological polar surface area (TPSA) is 42.0 Å². The SMILES string of the molecule is Cc1nc(-c2ccccc2)ccc1C(=O)Nc1ccc(Cl)cc1. The lowest BCUT2D eigenvalue weighted by molar-refractivity contribution is 0.102. The fourth-order valence-electron chi connectivity index (χ4n) is 2.30. The van der Waals surface area contributed by atoms with E-state index in [1.54, 1.807) is 30.3 Å². The Balaban J connectivity index is 1.83. The molecule has 0 atom stereocenters. The Morgan fingerprint density at radius 2 is 1.65 bits per heavy atom. The molecular weight excluding hydrogens is 308 g/mol. The average Bonchev–Trinajstić information content (AvgIpc) is 2.57. The maximum atomic E-state index is 12.4. The summed E-state index contributed by atoms with van der Waals surface area (Å²) in [6.45, 7) is 1.84. The van der Waals surface area contributed by atoms with E-state index in [4.69, 9.17) is 11.6 Å². The van der Waals surface area contributed by atoms with Crippen LogP contribution in [0.4, 0.5) is 5.69 Å². The number of rotatable bonds is 3. The quantitative estimate of drug-likeness (QED) is 0.740. The molecule has 0 saturated heterocycles. The third-order valence-corrected chi connectivity index (χ3v) is 3.75. The van der Waals surface area contributed by atoms with Crippen LogP contribution < -0.4 is 5.32 Å². The van der Waals surface area contributed by atoms with Gasteiger partial charge in [-0.2, -0.15) is 0 Å². The van der Waals surface area contributed by atoms with Crippen LogP contribution in [-0.2, 0) is 0 Å². The van der Waals surface area contributed by atoms with Gasteiger partial charge in [0.15, 0.2) is 0 Å². The van der Waals surface area contributed by atoms with Gasteiger partial charge in [-0.25, -0.2) is 0 Å². The molecule has 1 heterocycles. The van der Waals surface area contributed by atoms with Crippen molar-refractivity contribution >= 4 is 23.2 Å². The van der Waals surface area contributed by atoms with Crippen LogP contribution in [0.5, 0.6) is 0 Å². The Labute approximate surface area is 140 Å². The van der Waals surface area contributed by atoms with E-state index in [0.29, 0.717) is 22.0 Å². The molecule has 0 aliphatic carbocycles. The lowest BCUT2D eigenvalue weighted by Crippen LogP contribution is -2.14. The zero-order valence-electron chi connectivity index (χ0n) is 12.6. The minimum atomic E-state index is -0.183. The maximum absolute atomic E-state index is 12.4. The summed E-state index contributed by atoms with van der Waals surface area (Å²) in [5.41, 5.74) is 3.83. The molecule has 0 saturated carbocycles. The highest BCUT2D eigenvalue weighted by molar-refractivity contribution is 6.30. The smallest absolute Gasteiger partial charge is 0.257 e. The predicted molar refractivity (Wildman–Crippen MR) is 93.8 cm³/mol. The van der Waals surface area contributed by atoms with Gasteiger partial charge in [0.05, 0.1) is 17.0 Å². The highest BCUT2D eigenvalue weighted by atomic mass is 35.5. The highest BCUT2D eigenvalue weighted by Gasteiger charge is 2.11. The maximum Gasteiger partial charge on any atom is 0.257 e. The van der Waals surface area contributed by atoms with Gasteiger partial charge in [-0.3, -0.25) is 9.78 Å². The van der Waals surface area contributed by atoms with Crippen molar-refractivity contribution in [2.75, 3.05) is 5.32 Å². The number of aryl methyl sites for hydroxylation is 1. The zero-order valence-corrected chi connectivity index (χ0v) is 13.3. The van der Waals surface area contributed by atoms with Crippen LogP contribution in [0.2, 0.25) is 5.02 Å². The van der Waals surface area contributed by atoms with Crippen LogP contribution in [0.1, 0.15) is 16.1 Å². The Bertz CT molecular complexity index is 830. The molecule has 3 aromatic rings. The molecule has 0 unspecified atom stereocenters. The number of carbonyl (C=O) groups is 1. The Morgan fingerprint density at radius 1 is 0.957 bits per heavy atom. The van der Waals surface area contributed by atoms with E-state index in [0.717, 1.165) is 11.3 Å². The molecule has 0 bridgehead atoms. The summed E-state index contributed by atoms with van der Waals surface area (Å²) in [6, 6.07) is 20.6. The summed E-state index contributed by atoms with van der Waals surface area (Å²) in [5, 5.41) is 3.48. The Morgan fingerprint density at radius 3 is 2.30 bits per heavy atom. The molecule has 4 heteroatoms. The van der Waals surface area contributed by atoms with E-state index >= 15 is 0 Å². The first-order valence-corrected chi connectivity index (χ1v) is 7.61. The van der Waals surface area contributed by atoms with Gasteiger partial charge < -0.3 is 5.32 Å². The third kappa shape index (κ3) is 3.58. The molecule has 1 N–H and O–H groups in total. The van der Waals surface area contributed by atoms with E-state index in [1.807, 2.05) is 43.3 Å². The number of pyridine rings is 1. The van der Waals surface area contributed by atoms with Gasteiger partial charge in [0.2, 0.25) is 0 Å². The fraction of sp³-hybridized carbons (Fsp3) is 0.0526. The second-order valence-corrected chi connectivity index (χ2v) is 5.59. The summed E-state index contributed by atoms with van der Waals surface area (Å²) >= 11 is 5.84. The molecule has 1 aromatic heterocycles. The number of amides is 1. The van der Waals surface area contributed by atoms with Gasteiger partial charge in [0, 0.05) is 16.3 Å². The van der Waals surface area contributed by atoms with E-state index < -0.39 is 0 Å². The molecule has 3 nitrogen and oxygen atoms in total. The van der Waals surface area contributed by atoms with Gasteiger partial charge in [-0.15, -0.1) is 0 Å². The minimum Gasteiger partial charge on any atom is -0.322 e. The minimum absolute atomic E-state index is 0.183. The predicted octanol–water partition coefficient (Wildman–Crippen LogP) is 4.96. The van der Waals surface area contributed by atoms with Gasteiger partial charge in [-0.05, 0) is 43.3 Å². The van der Waals surface area contributed by atoms with Crippen molar-refractivity contribution in [1.29, 1.82) is 0 Å². The monoisotopic (exact) mass is 322 g/mol. The second-order valence-electron chi connectivity index (χ2n) is 5.16. The van der Waals surface area contributed by atoms with Crippen LogP contribution in [0.25, 0.3) is 11.3 Å². The summed E-state index contributed by atoms with van der Waals surface area (Å²) in [5.74, 6) is -0.183.